The molecule has 2 rings (SSSR count). The summed E-state index contributed by atoms with van der Waals surface area (Å²) in [5, 5.41) is 13.5. The van der Waals surface area contributed by atoms with E-state index in [4.69, 9.17) is 0 Å². The minimum Gasteiger partial charge on any atom is -0.507 e. The number of aliphatic hydroxyl groups excluding tert-OH is 1. The third kappa shape index (κ3) is 6.28. The van der Waals surface area contributed by atoms with Crippen LogP contribution in [0.5, 0.6) is 0 Å². The van der Waals surface area contributed by atoms with Gasteiger partial charge in [0.15, 0.2) is 0 Å². The summed E-state index contributed by atoms with van der Waals surface area (Å²) < 4.78 is 0. The lowest BCUT2D eigenvalue weighted by atomic mass is 9.79. The van der Waals surface area contributed by atoms with Crippen LogP contribution in [0.1, 0.15) is 88.1 Å². The summed E-state index contributed by atoms with van der Waals surface area (Å²) in [4.78, 5) is 37.0. The van der Waals surface area contributed by atoms with Crippen LogP contribution in [-0.2, 0) is 9.59 Å². The SMILES string of the molecule is CCCCCCCCC(=O)NCC(C)(C)CC1=C(O)c2ccccc2C(=O)C1=O. The summed E-state index contributed by atoms with van der Waals surface area (Å²) in [5.74, 6) is -1.37. The van der Waals surface area contributed by atoms with Crippen molar-refractivity contribution >= 4 is 23.2 Å². The zero-order chi connectivity index (χ0) is 21.4. The maximum Gasteiger partial charge on any atom is 0.234 e. The second-order valence-corrected chi connectivity index (χ2v) is 8.67. The van der Waals surface area contributed by atoms with E-state index < -0.39 is 17.0 Å². The van der Waals surface area contributed by atoms with Crippen LogP contribution in [0.4, 0.5) is 0 Å². The lowest BCUT2D eigenvalue weighted by Gasteiger charge is -2.28. The summed E-state index contributed by atoms with van der Waals surface area (Å²) in [6, 6.07) is 6.59. The molecule has 0 saturated heterocycles. The summed E-state index contributed by atoms with van der Waals surface area (Å²) in [6.45, 7) is 6.38. The fourth-order valence-corrected chi connectivity index (χ4v) is 3.61. The van der Waals surface area contributed by atoms with Crippen molar-refractivity contribution in [1.29, 1.82) is 0 Å². The van der Waals surface area contributed by atoms with Gasteiger partial charge in [-0.05, 0) is 18.3 Å². The number of benzene rings is 1. The molecule has 0 bridgehead atoms. The second-order valence-electron chi connectivity index (χ2n) is 8.67. The molecule has 5 heteroatoms. The molecule has 1 amide bonds. The highest BCUT2D eigenvalue weighted by Crippen LogP contribution is 2.34. The molecule has 0 aliphatic heterocycles. The molecule has 29 heavy (non-hydrogen) atoms. The summed E-state index contributed by atoms with van der Waals surface area (Å²) in [6.07, 6.45) is 7.50. The average Bonchev–Trinajstić information content (AvgIpc) is 2.70. The number of carbonyl (C=O) groups is 3. The van der Waals surface area contributed by atoms with Gasteiger partial charge in [-0.15, -0.1) is 0 Å². The predicted octanol–water partition coefficient (Wildman–Crippen LogP) is 5.00. The number of Topliss-reactive ketones (excluding diaryl/α,β-unsaturated/α-hetero) is 2. The molecular weight excluding hydrogens is 366 g/mol. The number of hydrogen-bond acceptors (Lipinski definition) is 4. The first kappa shape index (κ1) is 22.9. The zero-order valence-corrected chi connectivity index (χ0v) is 17.8. The van der Waals surface area contributed by atoms with Gasteiger partial charge >= 0.3 is 0 Å². The lowest BCUT2D eigenvalue weighted by molar-refractivity contribution is -0.121. The molecule has 2 N–H and O–H groups in total. The van der Waals surface area contributed by atoms with Gasteiger partial charge in [0.2, 0.25) is 17.5 Å². The normalized spacial score (nSPS) is 14.2. The molecule has 1 aliphatic rings. The number of carbonyl (C=O) groups excluding carboxylic acids is 3. The van der Waals surface area contributed by atoms with Crippen LogP contribution in [0, 0.1) is 5.41 Å². The van der Waals surface area contributed by atoms with Crippen LogP contribution in [0.2, 0.25) is 0 Å². The van der Waals surface area contributed by atoms with Crippen molar-refractivity contribution in [2.75, 3.05) is 6.54 Å². The van der Waals surface area contributed by atoms with Crippen molar-refractivity contribution < 1.29 is 19.5 Å². The Labute approximate surface area is 173 Å². The number of ketones is 2. The number of fused-ring (bicyclic) bond motifs is 1. The molecule has 0 radical (unpaired) electrons. The highest BCUT2D eigenvalue weighted by Gasteiger charge is 2.35. The molecular formula is C24H33NO4. The van der Waals surface area contributed by atoms with E-state index in [0.29, 0.717) is 18.5 Å². The van der Waals surface area contributed by atoms with E-state index in [2.05, 4.69) is 12.2 Å². The van der Waals surface area contributed by atoms with E-state index in [1.165, 1.54) is 19.3 Å². The smallest absolute Gasteiger partial charge is 0.234 e. The highest BCUT2D eigenvalue weighted by atomic mass is 16.3. The third-order valence-electron chi connectivity index (χ3n) is 5.37. The van der Waals surface area contributed by atoms with Crippen LogP contribution >= 0.6 is 0 Å². The fourth-order valence-electron chi connectivity index (χ4n) is 3.61. The van der Waals surface area contributed by atoms with E-state index in [-0.39, 0.29) is 29.2 Å². The van der Waals surface area contributed by atoms with Gasteiger partial charge in [-0.25, -0.2) is 0 Å². The number of amides is 1. The van der Waals surface area contributed by atoms with Crippen LogP contribution in [0.3, 0.4) is 0 Å². The Balaban J connectivity index is 1.91. The fraction of sp³-hybridized carbons (Fsp3) is 0.542. The van der Waals surface area contributed by atoms with Crippen molar-refractivity contribution in [2.45, 2.75) is 72.1 Å². The Morgan fingerprint density at radius 3 is 2.28 bits per heavy atom. The molecule has 1 aromatic rings. The largest absolute Gasteiger partial charge is 0.507 e. The molecule has 0 heterocycles. The maximum atomic E-state index is 12.5. The molecule has 0 atom stereocenters. The highest BCUT2D eigenvalue weighted by molar-refractivity contribution is 6.52. The lowest BCUT2D eigenvalue weighted by Crippen LogP contribution is -2.36. The van der Waals surface area contributed by atoms with E-state index in [1.54, 1.807) is 24.3 Å². The quantitative estimate of drug-likeness (QED) is 0.405. The second kappa shape index (κ2) is 10.4. The van der Waals surface area contributed by atoms with Crippen LogP contribution in [-0.4, -0.2) is 29.1 Å². The van der Waals surface area contributed by atoms with E-state index in [9.17, 15) is 19.5 Å². The number of hydrogen-bond donors (Lipinski definition) is 2. The average molecular weight is 400 g/mol. The number of aliphatic hydroxyl groups is 1. The number of rotatable bonds is 11. The number of nitrogens with one attached hydrogen (secondary N) is 1. The van der Waals surface area contributed by atoms with Crippen LogP contribution in [0.15, 0.2) is 29.8 Å². The number of allylic oxidation sites excluding steroid dienone is 1. The summed E-state index contributed by atoms with van der Waals surface area (Å²) >= 11 is 0. The summed E-state index contributed by atoms with van der Waals surface area (Å²) in [5.41, 5.74) is 0.296. The van der Waals surface area contributed by atoms with Crippen molar-refractivity contribution in [3.63, 3.8) is 0 Å². The Hall–Kier alpha value is -2.43. The van der Waals surface area contributed by atoms with Crippen molar-refractivity contribution in [3.05, 3.63) is 41.0 Å². The standard InChI is InChI=1S/C24H33NO4/c1-4-5-6-7-8-9-14-20(26)25-16-24(2,3)15-19-21(27)17-12-10-11-13-18(17)22(28)23(19)29/h10-13,27H,4-9,14-16H2,1-3H3,(H,25,26). The molecule has 0 unspecified atom stereocenters. The van der Waals surface area contributed by atoms with Gasteiger partial charge in [0.05, 0.1) is 0 Å². The van der Waals surface area contributed by atoms with Gasteiger partial charge in [-0.2, -0.15) is 0 Å². The maximum absolute atomic E-state index is 12.5. The van der Waals surface area contributed by atoms with E-state index in [1.807, 2.05) is 13.8 Å². The molecule has 0 aromatic heterocycles. The molecule has 1 aromatic carbocycles. The van der Waals surface area contributed by atoms with Gasteiger partial charge in [0.1, 0.15) is 5.76 Å². The Kier molecular flexibility index (Phi) is 8.18. The van der Waals surface area contributed by atoms with Gasteiger partial charge in [0.25, 0.3) is 0 Å². The van der Waals surface area contributed by atoms with Crippen molar-refractivity contribution in [3.8, 4) is 0 Å². The topological polar surface area (TPSA) is 83.5 Å². The molecule has 158 valence electrons. The Morgan fingerprint density at radius 2 is 1.59 bits per heavy atom. The molecule has 1 aliphatic carbocycles. The van der Waals surface area contributed by atoms with Gasteiger partial charge in [0, 0.05) is 29.7 Å². The van der Waals surface area contributed by atoms with Crippen LogP contribution < -0.4 is 5.32 Å². The first-order valence-corrected chi connectivity index (χ1v) is 10.6. The minimum atomic E-state index is -0.660. The van der Waals surface area contributed by atoms with Gasteiger partial charge < -0.3 is 10.4 Å². The zero-order valence-electron chi connectivity index (χ0n) is 17.8. The van der Waals surface area contributed by atoms with Gasteiger partial charge in [-0.3, -0.25) is 14.4 Å². The molecule has 0 fully saturated rings. The minimum absolute atomic E-state index is 0.00293. The molecule has 0 spiro atoms. The van der Waals surface area contributed by atoms with Gasteiger partial charge in [-0.1, -0.05) is 77.1 Å². The predicted molar refractivity (Wildman–Crippen MR) is 115 cm³/mol. The van der Waals surface area contributed by atoms with E-state index in [0.717, 1.165) is 19.3 Å². The Morgan fingerprint density at radius 1 is 0.966 bits per heavy atom. The first-order chi connectivity index (χ1) is 13.8. The van der Waals surface area contributed by atoms with Crippen LogP contribution in [0.25, 0.3) is 5.76 Å². The van der Waals surface area contributed by atoms with Crippen molar-refractivity contribution in [1.82, 2.24) is 5.32 Å². The molecule has 5 nitrogen and oxygen atoms in total. The Bertz CT molecular complexity index is 792. The molecule has 0 saturated carbocycles. The first-order valence-electron chi connectivity index (χ1n) is 10.6. The van der Waals surface area contributed by atoms with Crippen molar-refractivity contribution in [2.24, 2.45) is 5.41 Å². The number of unbranched alkanes of at least 4 members (excludes halogenated alkanes) is 5. The summed E-state index contributed by atoms with van der Waals surface area (Å²) in [7, 11) is 0. The third-order valence-corrected chi connectivity index (χ3v) is 5.37. The monoisotopic (exact) mass is 399 g/mol. The van der Waals surface area contributed by atoms with E-state index >= 15 is 0 Å².